The van der Waals surface area contributed by atoms with E-state index in [4.69, 9.17) is 9.41 Å². The van der Waals surface area contributed by atoms with Gasteiger partial charge in [-0.25, -0.2) is 0 Å². The van der Waals surface area contributed by atoms with Crippen molar-refractivity contribution < 1.29 is 4.42 Å². The molecular weight excluding hydrogens is 683 g/mol. The zero-order chi connectivity index (χ0) is 37.0. The minimum absolute atomic E-state index is 0.254. The van der Waals surface area contributed by atoms with Crippen LogP contribution >= 0.6 is 0 Å². The van der Waals surface area contributed by atoms with Gasteiger partial charge in [-0.05, 0) is 71.9 Å². The number of para-hydroxylation sites is 1. The molecule has 3 aliphatic rings. The molecule has 6 aromatic carbocycles. The first kappa shape index (κ1) is 32.5. The number of hydrogen-bond acceptors (Lipinski definition) is 3. The fourth-order valence-electron chi connectivity index (χ4n) is 9.10. The fraction of sp³-hybridized carbons (Fsp3) is 0.0962. The SMILES string of the molecule is C1=CCC(C2=Cc3c(c4ccccc4n3-c3ccc4c(c3)oc3cccc(C5=C(c6ccccc6)NC(c6ccccc6)N=C5c5ccccc5)c34)CC2)C=C1. The summed E-state index contributed by atoms with van der Waals surface area (Å²) >= 11 is 0. The third-order valence-corrected chi connectivity index (χ3v) is 11.7. The van der Waals surface area contributed by atoms with Crippen molar-refractivity contribution in [2.24, 2.45) is 10.9 Å². The van der Waals surface area contributed by atoms with Crippen molar-refractivity contribution in [1.82, 2.24) is 9.88 Å². The minimum atomic E-state index is -0.254. The van der Waals surface area contributed by atoms with Crippen LogP contribution in [0, 0.1) is 5.92 Å². The van der Waals surface area contributed by atoms with Crippen molar-refractivity contribution in [2.45, 2.75) is 25.4 Å². The molecule has 0 spiro atoms. The van der Waals surface area contributed by atoms with Crippen molar-refractivity contribution in [3.05, 3.63) is 215 Å². The lowest BCUT2D eigenvalue weighted by atomic mass is 9.84. The number of rotatable bonds is 6. The summed E-state index contributed by atoms with van der Waals surface area (Å²) in [5, 5.41) is 7.38. The Morgan fingerprint density at radius 2 is 1.43 bits per heavy atom. The maximum absolute atomic E-state index is 6.84. The summed E-state index contributed by atoms with van der Waals surface area (Å²) in [5.74, 6) is 0.451. The van der Waals surface area contributed by atoms with E-state index in [1.165, 1.54) is 27.7 Å². The maximum atomic E-state index is 6.84. The number of fused-ring (bicyclic) bond motifs is 6. The van der Waals surface area contributed by atoms with E-state index in [0.29, 0.717) is 5.92 Å². The molecule has 1 aliphatic heterocycles. The van der Waals surface area contributed by atoms with Gasteiger partial charge in [-0.2, -0.15) is 0 Å². The quantitative estimate of drug-likeness (QED) is 0.186. The topological polar surface area (TPSA) is 42.5 Å². The maximum Gasteiger partial charge on any atom is 0.145 e. The second-order valence-electron chi connectivity index (χ2n) is 15.0. The Bertz CT molecular complexity index is 2960. The molecule has 0 saturated heterocycles. The molecule has 4 heteroatoms. The van der Waals surface area contributed by atoms with E-state index in [1.54, 1.807) is 0 Å². The number of aliphatic imine (C=N–C) groups is 1. The molecule has 0 radical (unpaired) electrons. The van der Waals surface area contributed by atoms with Gasteiger partial charge in [0.2, 0.25) is 0 Å². The Kier molecular flexibility index (Phi) is 7.80. The minimum Gasteiger partial charge on any atom is -0.456 e. The van der Waals surface area contributed by atoms with E-state index in [1.807, 2.05) is 0 Å². The normalized spacial score (nSPS) is 17.9. The molecule has 0 amide bonds. The predicted molar refractivity (Wildman–Crippen MR) is 232 cm³/mol. The number of hydrogen-bond donors (Lipinski definition) is 1. The van der Waals surface area contributed by atoms with Crippen LogP contribution in [0.3, 0.4) is 0 Å². The van der Waals surface area contributed by atoms with Crippen LogP contribution in [0.4, 0.5) is 0 Å². The number of aromatic nitrogens is 1. The van der Waals surface area contributed by atoms with Gasteiger partial charge in [0, 0.05) is 45.0 Å². The number of furan rings is 1. The summed E-state index contributed by atoms with van der Waals surface area (Å²) < 4.78 is 9.29. The fourth-order valence-corrected chi connectivity index (χ4v) is 9.10. The predicted octanol–water partition coefficient (Wildman–Crippen LogP) is 12.7. The molecule has 0 saturated carbocycles. The average Bonchev–Trinajstić information content (AvgIpc) is 3.82. The monoisotopic (exact) mass is 721 g/mol. The highest BCUT2D eigenvalue weighted by atomic mass is 16.3. The van der Waals surface area contributed by atoms with Gasteiger partial charge in [0.25, 0.3) is 0 Å². The summed E-state index contributed by atoms with van der Waals surface area (Å²) in [5.41, 5.74) is 15.7. The molecule has 3 heterocycles. The van der Waals surface area contributed by atoms with Crippen LogP contribution in [0.5, 0.6) is 0 Å². The Hall–Kier alpha value is -6.91. The lowest BCUT2D eigenvalue weighted by Gasteiger charge is -2.30. The van der Waals surface area contributed by atoms with Crippen LogP contribution in [0.1, 0.15) is 52.5 Å². The van der Waals surface area contributed by atoms with E-state index in [-0.39, 0.29) is 6.17 Å². The number of allylic oxidation sites excluding steroid dienone is 6. The largest absolute Gasteiger partial charge is 0.456 e. The smallest absolute Gasteiger partial charge is 0.145 e. The van der Waals surface area contributed by atoms with Gasteiger partial charge >= 0.3 is 0 Å². The highest BCUT2D eigenvalue weighted by molar-refractivity contribution is 6.39. The zero-order valence-corrected chi connectivity index (χ0v) is 30.9. The highest BCUT2D eigenvalue weighted by Crippen LogP contribution is 2.43. The second-order valence-corrected chi connectivity index (χ2v) is 15.0. The van der Waals surface area contributed by atoms with Gasteiger partial charge in [-0.15, -0.1) is 0 Å². The third-order valence-electron chi connectivity index (χ3n) is 11.7. The summed E-state index contributed by atoms with van der Waals surface area (Å²) in [4.78, 5) is 5.48. The van der Waals surface area contributed by atoms with Gasteiger partial charge < -0.3 is 14.3 Å². The van der Waals surface area contributed by atoms with Gasteiger partial charge in [-0.3, -0.25) is 4.99 Å². The lowest BCUT2D eigenvalue weighted by molar-refractivity contribution is 0.665. The summed E-state index contributed by atoms with van der Waals surface area (Å²) in [6.07, 6.45) is 14.4. The molecule has 0 bridgehead atoms. The first-order valence-electron chi connectivity index (χ1n) is 19.7. The molecule has 2 aromatic heterocycles. The molecule has 2 unspecified atom stereocenters. The average molecular weight is 722 g/mol. The highest BCUT2D eigenvalue weighted by Gasteiger charge is 2.30. The molecular formula is C52H39N3O. The van der Waals surface area contributed by atoms with Gasteiger partial charge in [0.1, 0.15) is 17.3 Å². The van der Waals surface area contributed by atoms with E-state index in [0.717, 1.165) is 86.1 Å². The van der Waals surface area contributed by atoms with Crippen molar-refractivity contribution in [2.75, 3.05) is 0 Å². The number of aryl methyl sites for hydroxylation is 1. The van der Waals surface area contributed by atoms with Gasteiger partial charge in [0.15, 0.2) is 0 Å². The number of benzene rings is 6. The summed E-state index contributed by atoms with van der Waals surface area (Å²) in [7, 11) is 0. The summed E-state index contributed by atoms with van der Waals surface area (Å²) in [6, 6.07) is 53.8. The Morgan fingerprint density at radius 3 is 2.23 bits per heavy atom. The van der Waals surface area contributed by atoms with Crippen molar-refractivity contribution in [3.63, 3.8) is 0 Å². The Morgan fingerprint density at radius 1 is 0.661 bits per heavy atom. The van der Waals surface area contributed by atoms with E-state index in [2.05, 4.69) is 192 Å². The number of nitrogens with one attached hydrogen (secondary N) is 1. The van der Waals surface area contributed by atoms with E-state index < -0.39 is 0 Å². The second kappa shape index (κ2) is 13.4. The van der Waals surface area contributed by atoms with E-state index in [9.17, 15) is 0 Å². The summed E-state index contributed by atoms with van der Waals surface area (Å²) in [6.45, 7) is 0. The van der Waals surface area contributed by atoms with Crippen LogP contribution in [0.15, 0.2) is 191 Å². The first-order chi connectivity index (χ1) is 27.8. The molecule has 2 aliphatic carbocycles. The Balaban J connectivity index is 1.11. The van der Waals surface area contributed by atoms with Crippen molar-refractivity contribution >= 4 is 55.9 Å². The van der Waals surface area contributed by atoms with Crippen LogP contribution in [0.2, 0.25) is 0 Å². The van der Waals surface area contributed by atoms with Crippen molar-refractivity contribution in [1.29, 1.82) is 0 Å². The lowest BCUT2D eigenvalue weighted by Crippen LogP contribution is -2.28. The van der Waals surface area contributed by atoms with E-state index >= 15 is 0 Å². The molecule has 8 aromatic rings. The first-order valence-corrected chi connectivity index (χ1v) is 19.7. The molecule has 56 heavy (non-hydrogen) atoms. The molecule has 4 nitrogen and oxygen atoms in total. The third kappa shape index (κ3) is 5.40. The van der Waals surface area contributed by atoms with Gasteiger partial charge in [0.05, 0.1) is 22.6 Å². The van der Waals surface area contributed by atoms with Crippen LogP contribution in [-0.2, 0) is 6.42 Å². The number of nitrogens with zero attached hydrogens (tertiary/aromatic N) is 2. The molecule has 0 fully saturated rings. The molecule has 268 valence electrons. The van der Waals surface area contributed by atoms with Crippen LogP contribution in [-0.4, -0.2) is 10.3 Å². The van der Waals surface area contributed by atoms with Crippen molar-refractivity contribution in [3.8, 4) is 5.69 Å². The Labute approximate surface area is 326 Å². The molecule has 11 rings (SSSR count). The standard InChI is InChI=1S/C52H39N3O/c1-5-16-34(17-6-1)38-28-30-41-40-24-13-14-26-44(40)55(45(41)32-38)39-29-31-42-47(33-39)56-46-27-15-25-43(48(42)46)49-50(35-18-7-2-8-19-35)53-52(37-22-11-4-12-23-37)54-51(49)36-20-9-3-10-21-36/h1-16,18-27,29,31-34,52-53H,17,28,30H2. The molecule has 2 atom stereocenters. The zero-order valence-electron chi connectivity index (χ0n) is 30.9. The molecule has 1 N–H and O–H groups in total. The van der Waals surface area contributed by atoms with Crippen LogP contribution < -0.4 is 5.32 Å². The van der Waals surface area contributed by atoms with Crippen LogP contribution in [0.25, 0.3) is 55.9 Å². The van der Waals surface area contributed by atoms with Gasteiger partial charge in [-0.1, -0.05) is 151 Å².